The molecular weight excluding hydrogens is 185 g/mol. The second-order valence-electron chi connectivity index (χ2n) is 2.68. The first-order valence-corrected chi connectivity index (χ1v) is 3.76. The number of carboxylic acid groups (broad SMARTS) is 1. The Bertz CT molecular complexity index is 228. The van der Waals surface area contributed by atoms with Crippen LogP contribution in [0.3, 0.4) is 0 Å². The minimum Gasteiger partial charge on any atom is -0.478 e. The molecular formula is C8H11F3O2. The van der Waals surface area contributed by atoms with Crippen LogP contribution in [0.4, 0.5) is 13.2 Å². The van der Waals surface area contributed by atoms with Gasteiger partial charge in [0.15, 0.2) is 0 Å². The summed E-state index contributed by atoms with van der Waals surface area (Å²) in [6, 6.07) is 0. The van der Waals surface area contributed by atoms with Gasteiger partial charge < -0.3 is 5.11 Å². The van der Waals surface area contributed by atoms with Gasteiger partial charge in [0.25, 0.3) is 0 Å². The number of halogens is 3. The van der Waals surface area contributed by atoms with Crippen LogP contribution in [-0.2, 0) is 4.79 Å². The number of carbonyl (C=O) groups is 1. The van der Waals surface area contributed by atoms with Crippen molar-refractivity contribution in [3.05, 3.63) is 11.1 Å². The van der Waals surface area contributed by atoms with Gasteiger partial charge >= 0.3 is 12.1 Å². The van der Waals surface area contributed by atoms with Crippen LogP contribution in [0, 0.1) is 0 Å². The third-order valence-electron chi connectivity index (χ3n) is 1.69. The standard InChI is InChI=1S/C8H11F3O2/c1-3-6(4-8(9,10)11)5(2)7(12)13/h3-4H2,1-2H3,(H,12,13). The Balaban J connectivity index is 4.70. The van der Waals surface area contributed by atoms with Crippen molar-refractivity contribution in [3.63, 3.8) is 0 Å². The third-order valence-corrected chi connectivity index (χ3v) is 1.69. The van der Waals surface area contributed by atoms with Crippen molar-refractivity contribution in [1.82, 2.24) is 0 Å². The molecule has 0 aromatic rings. The summed E-state index contributed by atoms with van der Waals surface area (Å²) in [6.07, 6.45) is -5.36. The predicted octanol–water partition coefficient (Wildman–Crippen LogP) is 2.75. The second-order valence-corrected chi connectivity index (χ2v) is 2.68. The van der Waals surface area contributed by atoms with E-state index < -0.39 is 18.6 Å². The van der Waals surface area contributed by atoms with E-state index >= 15 is 0 Å². The van der Waals surface area contributed by atoms with Gasteiger partial charge in [0.2, 0.25) is 0 Å². The van der Waals surface area contributed by atoms with E-state index in [4.69, 9.17) is 5.11 Å². The van der Waals surface area contributed by atoms with Gasteiger partial charge in [-0.15, -0.1) is 0 Å². The van der Waals surface area contributed by atoms with Crippen LogP contribution in [0.15, 0.2) is 11.1 Å². The van der Waals surface area contributed by atoms with Crippen molar-refractivity contribution in [2.45, 2.75) is 32.9 Å². The maximum Gasteiger partial charge on any atom is 0.392 e. The number of allylic oxidation sites excluding steroid dienone is 1. The van der Waals surface area contributed by atoms with E-state index in [1.165, 1.54) is 13.8 Å². The Morgan fingerprint density at radius 3 is 2.08 bits per heavy atom. The number of carboxylic acids is 1. The molecule has 0 aromatic carbocycles. The Morgan fingerprint density at radius 2 is 1.85 bits per heavy atom. The molecule has 1 N–H and O–H groups in total. The number of alkyl halides is 3. The molecule has 0 aliphatic heterocycles. The van der Waals surface area contributed by atoms with Gasteiger partial charge in [-0.2, -0.15) is 13.2 Å². The van der Waals surface area contributed by atoms with Gasteiger partial charge in [0.05, 0.1) is 6.42 Å². The Hall–Kier alpha value is -1.00. The summed E-state index contributed by atoms with van der Waals surface area (Å²) < 4.78 is 35.7. The third kappa shape index (κ3) is 4.55. The number of aliphatic carboxylic acids is 1. The predicted molar refractivity (Wildman–Crippen MR) is 41.3 cm³/mol. The highest BCUT2D eigenvalue weighted by Crippen LogP contribution is 2.27. The molecule has 0 aliphatic rings. The smallest absolute Gasteiger partial charge is 0.392 e. The molecule has 0 saturated carbocycles. The molecule has 76 valence electrons. The maximum atomic E-state index is 11.9. The van der Waals surface area contributed by atoms with Gasteiger partial charge in [-0.25, -0.2) is 4.79 Å². The zero-order valence-corrected chi connectivity index (χ0v) is 7.40. The monoisotopic (exact) mass is 196 g/mol. The molecule has 0 aliphatic carbocycles. The van der Waals surface area contributed by atoms with Crippen molar-refractivity contribution < 1.29 is 23.1 Å². The van der Waals surface area contributed by atoms with Crippen molar-refractivity contribution in [1.29, 1.82) is 0 Å². The van der Waals surface area contributed by atoms with Gasteiger partial charge in [-0.3, -0.25) is 0 Å². The Labute approximate surface area is 74.1 Å². The van der Waals surface area contributed by atoms with E-state index in [9.17, 15) is 18.0 Å². The van der Waals surface area contributed by atoms with E-state index in [-0.39, 0.29) is 17.6 Å². The summed E-state index contributed by atoms with van der Waals surface area (Å²) >= 11 is 0. The molecule has 0 rings (SSSR count). The van der Waals surface area contributed by atoms with Gasteiger partial charge in [-0.1, -0.05) is 12.5 Å². The summed E-state index contributed by atoms with van der Waals surface area (Å²) in [7, 11) is 0. The van der Waals surface area contributed by atoms with Crippen molar-refractivity contribution in [3.8, 4) is 0 Å². The summed E-state index contributed by atoms with van der Waals surface area (Å²) in [5, 5.41) is 8.46. The van der Waals surface area contributed by atoms with E-state index in [2.05, 4.69) is 0 Å². The molecule has 0 spiro atoms. The topological polar surface area (TPSA) is 37.3 Å². The van der Waals surface area contributed by atoms with E-state index in [0.29, 0.717) is 0 Å². The zero-order chi connectivity index (χ0) is 10.6. The van der Waals surface area contributed by atoms with Gasteiger partial charge in [0.1, 0.15) is 0 Å². The van der Waals surface area contributed by atoms with E-state index in [1.54, 1.807) is 0 Å². The van der Waals surface area contributed by atoms with Crippen molar-refractivity contribution in [2.75, 3.05) is 0 Å². The highest BCUT2D eigenvalue weighted by atomic mass is 19.4. The fourth-order valence-corrected chi connectivity index (χ4v) is 0.916. The van der Waals surface area contributed by atoms with Gasteiger partial charge in [0, 0.05) is 5.57 Å². The maximum absolute atomic E-state index is 11.9. The molecule has 0 atom stereocenters. The van der Waals surface area contributed by atoms with Crippen LogP contribution >= 0.6 is 0 Å². The number of hydrogen-bond acceptors (Lipinski definition) is 1. The van der Waals surface area contributed by atoms with Crippen LogP contribution in [0.1, 0.15) is 26.7 Å². The van der Waals surface area contributed by atoms with Gasteiger partial charge in [-0.05, 0) is 13.3 Å². The SMILES string of the molecule is CCC(CC(F)(F)F)=C(C)C(=O)O. The molecule has 0 radical (unpaired) electrons. The fraction of sp³-hybridized carbons (Fsp3) is 0.625. The highest BCUT2D eigenvalue weighted by molar-refractivity contribution is 5.86. The molecule has 0 aromatic heterocycles. The van der Waals surface area contributed by atoms with Crippen molar-refractivity contribution in [2.24, 2.45) is 0 Å². The molecule has 0 unspecified atom stereocenters. The van der Waals surface area contributed by atoms with Crippen molar-refractivity contribution >= 4 is 5.97 Å². The Morgan fingerprint density at radius 1 is 1.38 bits per heavy atom. The molecule has 0 fully saturated rings. The molecule has 5 heteroatoms. The molecule has 0 heterocycles. The lowest BCUT2D eigenvalue weighted by atomic mass is 10.0. The quantitative estimate of drug-likeness (QED) is 0.704. The molecule has 0 saturated heterocycles. The highest BCUT2D eigenvalue weighted by Gasteiger charge is 2.29. The fourth-order valence-electron chi connectivity index (χ4n) is 0.916. The molecule has 0 amide bonds. The molecule has 2 nitrogen and oxygen atoms in total. The minimum atomic E-state index is -4.33. The lowest BCUT2D eigenvalue weighted by molar-refractivity contribution is -0.133. The normalized spacial score (nSPS) is 13.9. The largest absolute Gasteiger partial charge is 0.478 e. The van der Waals surface area contributed by atoms with Crippen LogP contribution in [0.5, 0.6) is 0 Å². The lowest BCUT2D eigenvalue weighted by Crippen LogP contribution is -2.11. The van der Waals surface area contributed by atoms with Crippen LogP contribution in [-0.4, -0.2) is 17.3 Å². The number of hydrogen-bond donors (Lipinski definition) is 1. The molecule has 13 heavy (non-hydrogen) atoms. The lowest BCUT2D eigenvalue weighted by Gasteiger charge is -2.10. The summed E-state index contributed by atoms with van der Waals surface area (Å²) in [4.78, 5) is 10.4. The van der Waals surface area contributed by atoms with Crippen LogP contribution < -0.4 is 0 Å². The summed E-state index contributed by atoms with van der Waals surface area (Å²) in [6.45, 7) is 2.69. The molecule has 0 bridgehead atoms. The van der Waals surface area contributed by atoms with Crippen LogP contribution in [0.25, 0.3) is 0 Å². The summed E-state index contributed by atoms with van der Waals surface area (Å²) in [5.74, 6) is -1.29. The van der Waals surface area contributed by atoms with E-state index in [0.717, 1.165) is 0 Å². The first kappa shape index (κ1) is 12.0. The first-order chi connectivity index (χ1) is 5.78. The first-order valence-electron chi connectivity index (χ1n) is 3.76. The number of rotatable bonds is 3. The van der Waals surface area contributed by atoms with E-state index in [1.807, 2.05) is 0 Å². The zero-order valence-electron chi connectivity index (χ0n) is 7.40. The minimum absolute atomic E-state index is 0.0694. The average molecular weight is 196 g/mol. The second kappa shape index (κ2) is 4.30. The van der Waals surface area contributed by atoms with Crippen LogP contribution in [0.2, 0.25) is 0 Å². The average Bonchev–Trinajstić information content (AvgIpc) is 1.97. The Kier molecular flexibility index (Phi) is 3.97. The summed E-state index contributed by atoms with van der Waals surface area (Å²) in [5.41, 5.74) is -0.278.